The van der Waals surface area contributed by atoms with Gasteiger partial charge in [0, 0.05) is 26.2 Å². The molecule has 0 radical (unpaired) electrons. The fourth-order valence-electron chi connectivity index (χ4n) is 3.61. The maximum absolute atomic E-state index is 14.3. The van der Waals surface area contributed by atoms with E-state index < -0.39 is 80.0 Å². The van der Waals surface area contributed by atoms with E-state index in [1.165, 1.54) is 29.2 Å². The van der Waals surface area contributed by atoms with E-state index in [-0.39, 0.29) is 17.3 Å². The first-order valence-corrected chi connectivity index (χ1v) is 11.1. The van der Waals surface area contributed by atoms with Crippen molar-refractivity contribution in [2.45, 2.75) is 54.8 Å². The molecular formula is C21H18F16N2O2. The third kappa shape index (κ3) is 5.08. The minimum Gasteiger partial charge on any atom is -0.492 e. The van der Waals surface area contributed by atoms with Gasteiger partial charge < -0.3 is 14.5 Å². The zero-order valence-electron chi connectivity index (χ0n) is 20.2. The third-order valence-electron chi connectivity index (χ3n) is 6.01. The lowest BCUT2D eigenvalue weighted by Crippen LogP contribution is -2.75. The summed E-state index contributed by atoms with van der Waals surface area (Å²) in [5.41, 5.74) is 0.300. The predicted octanol–water partition coefficient (Wildman–Crippen LogP) is 6.45. The van der Waals surface area contributed by atoms with Crippen molar-refractivity contribution in [2.75, 3.05) is 37.7 Å². The number of piperazine rings is 1. The second-order valence-electron chi connectivity index (χ2n) is 8.55. The molecule has 0 spiro atoms. The van der Waals surface area contributed by atoms with Crippen molar-refractivity contribution < 1.29 is 79.8 Å². The van der Waals surface area contributed by atoms with Crippen LogP contribution in [0.1, 0.15) is 6.92 Å². The number of ether oxygens (including phenoxy) is 1. The lowest BCUT2D eigenvalue weighted by Gasteiger charge is -2.43. The molecule has 4 nitrogen and oxygen atoms in total. The van der Waals surface area contributed by atoms with E-state index in [4.69, 9.17) is 4.74 Å². The lowest BCUT2D eigenvalue weighted by atomic mass is 9.89. The number of hydrogen-bond donors (Lipinski definition) is 0. The van der Waals surface area contributed by atoms with Gasteiger partial charge in [-0.2, -0.15) is 61.5 Å². The highest BCUT2D eigenvalue weighted by molar-refractivity contribution is 5.85. The van der Waals surface area contributed by atoms with Gasteiger partial charge in [-0.15, -0.1) is 0 Å². The molecule has 1 aliphatic heterocycles. The van der Waals surface area contributed by atoms with Crippen LogP contribution in [0.25, 0.3) is 0 Å². The maximum atomic E-state index is 14.3. The van der Waals surface area contributed by atoms with Crippen LogP contribution >= 0.6 is 0 Å². The smallest absolute Gasteiger partial charge is 0.392 e. The summed E-state index contributed by atoms with van der Waals surface area (Å²) in [6.45, 7) is -1.14. The summed E-state index contributed by atoms with van der Waals surface area (Å²) in [7, 11) is 0. The van der Waals surface area contributed by atoms with E-state index in [1.54, 1.807) is 6.92 Å². The molecule has 236 valence electrons. The molecular weight excluding hydrogens is 616 g/mol. The molecule has 1 aliphatic rings. The Kier molecular flexibility index (Phi) is 9.04. The highest BCUT2D eigenvalue weighted by Crippen LogP contribution is 2.62. The van der Waals surface area contributed by atoms with Crippen LogP contribution in [0.5, 0.6) is 5.75 Å². The monoisotopic (exact) mass is 634 g/mol. The van der Waals surface area contributed by atoms with E-state index in [0.717, 1.165) is 0 Å². The van der Waals surface area contributed by atoms with Crippen LogP contribution in [0.2, 0.25) is 0 Å². The molecule has 1 aromatic carbocycles. The maximum Gasteiger partial charge on any atom is 0.392 e. The second kappa shape index (κ2) is 10.8. The molecule has 0 saturated carbocycles. The molecule has 0 unspecified atom stereocenters. The number of para-hydroxylation sites is 2. The Morgan fingerprint density at radius 3 is 1.63 bits per heavy atom. The molecule has 1 saturated heterocycles. The van der Waals surface area contributed by atoms with Gasteiger partial charge in [0.05, 0.1) is 12.3 Å². The number of anilines is 1. The molecule has 1 amide bonds. The molecule has 2 rings (SSSR count). The van der Waals surface area contributed by atoms with Crippen LogP contribution in [0.3, 0.4) is 0 Å². The molecule has 0 N–H and O–H groups in total. The van der Waals surface area contributed by atoms with Gasteiger partial charge in [0.1, 0.15) is 5.75 Å². The number of amides is 1. The van der Waals surface area contributed by atoms with Crippen molar-refractivity contribution >= 4 is 11.6 Å². The normalized spacial score (nSPS) is 16.8. The Balaban J connectivity index is 2.37. The fourth-order valence-corrected chi connectivity index (χ4v) is 3.61. The molecule has 1 aromatic rings. The summed E-state index contributed by atoms with van der Waals surface area (Å²) in [5.74, 6) is -59.2. The van der Waals surface area contributed by atoms with Gasteiger partial charge in [-0.3, -0.25) is 4.79 Å². The van der Waals surface area contributed by atoms with Crippen molar-refractivity contribution in [1.29, 1.82) is 0 Å². The number of benzene rings is 1. The number of nitrogens with zero attached hydrogens (tertiary/aromatic N) is 2. The van der Waals surface area contributed by atoms with Gasteiger partial charge in [0.25, 0.3) is 5.91 Å². The average Bonchev–Trinajstić information content (AvgIpc) is 2.88. The van der Waals surface area contributed by atoms with E-state index in [2.05, 4.69) is 0 Å². The van der Waals surface area contributed by atoms with Crippen LogP contribution in [0.4, 0.5) is 75.9 Å². The van der Waals surface area contributed by atoms with Gasteiger partial charge >= 0.3 is 47.9 Å². The molecule has 0 atom stereocenters. The lowest BCUT2D eigenvalue weighted by molar-refractivity contribution is -0.444. The van der Waals surface area contributed by atoms with Crippen molar-refractivity contribution in [1.82, 2.24) is 4.90 Å². The van der Waals surface area contributed by atoms with E-state index >= 15 is 0 Å². The van der Waals surface area contributed by atoms with E-state index in [0.29, 0.717) is 5.69 Å². The van der Waals surface area contributed by atoms with Crippen LogP contribution in [-0.4, -0.2) is 91.5 Å². The largest absolute Gasteiger partial charge is 0.492 e. The van der Waals surface area contributed by atoms with Crippen molar-refractivity contribution in [3.63, 3.8) is 0 Å². The van der Waals surface area contributed by atoms with Crippen LogP contribution in [0.15, 0.2) is 24.3 Å². The number of carbonyl (C=O) groups is 1. The van der Waals surface area contributed by atoms with Crippen LogP contribution in [0, 0.1) is 0 Å². The second-order valence-corrected chi connectivity index (χ2v) is 8.55. The van der Waals surface area contributed by atoms with Crippen LogP contribution < -0.4 is 9.64 Å². The first-order valence-electron chi connectivity index (χ1n) is 11.1. The summed E-state index contributed by atoms with van der Waals surface area (Å²) in [5, 5.41) is 0. The Labute approximate surface area is 219 Å². The van der Waals surface area contributed by atoms with Gasteiger partial charge in [0.15, 0.2) is 0 Å². The summed E-state index contributed by atoms with van der Waals surface area (Å²) >= 11 is 0. The number of alkyl halides is 16. The van der Waals surface area contributed by atoms with E-state index in [9.17, 15) is 75.0 Å². The fraction of sp³-hybridized carbons (Fsp3) is 0.667. The SMILES string of the molecule is CCOc1ccccc1N1CCN(C(=O)C(F)(F)C(F)(F)C(F)(F)C(F)(F)C(F)(F)C(F)(F)C(F)(F)C(F)F)CC1. The zero-order valence-corrected chi connectivity index (χ0v) is 20.2. The zero-order chi connectivity index (χ0) is 32.0. The van der Waals surface area contributed by atoms with Gasteiger partial charge in [0.2, 0.25) is 0 Å². The highest BCUT2D eigenvalue weighted by Gasteiger charge is 2.94. The summed E-state index contributed by atoms with van der Waals surface area (Å²) < 4.78 is 222. The van der Waals surface area contributed by atoms with E-state index in [1.807, 2.05) is 0 Å². The van der Waals surface area contributed by atoms with Crippen molar-refractivity contribution in [3.8, 4) is 5.75 Å². The molecule has 20 heteroatoms. The van der Waals surface area contributed by atoms with Gasteiger partial charge in [-0.1, -0.05) is 12.1 Å². The summed E-state index contributed by atoms with van der Waals surface area (Å²) in [6.07, 6.45) is -5.92. The van der Waals surface area contributed by atoms with Crippen LogP contribution in [-0.2, 0) is 4.79 Å². The first-order chi connectivity index (χ1) is 18.4. The number of rotatable bonds is 11. The van der Waals surface area contributed by atoms with Crippen molar-refractivity contribution in [2.24, 2.45) is 0 Å². The molecule has 1 fully saturated rings. The minimum atomic E-state index is -8.54. The highest BCUT2D eigenvalue weighted by atomic mass is 19.4. The molecule has 0 aliphatic carbocycles. The topological polar surface area (TPSA) is 32.8 Å². The Bertz CT molecular complexity index is 1090. The average molecular weight is 634 g/mol. The molecule has 1 heterocycles. The predicted molar refractivity (Wildman–Crippen MR) is 107 cm³/mol. The van der Waals surface area contributed by atoms with Gasteiger partial charge in [-0.05, 0) is 19.1 Å². The summed E-state index contributed by atoms with van der Waals surface area (Å²) in [6, 6.07) is 5.93. The molecule has 0 bridgehead atoms. The van der Waals surface area contributed by atoms with Gasteiger partial charge in [-0.25, -0.2) is 8.78 Å². The molecule has 0 aromatic heterocycles. The Morgan fingerprint density at radius 2 is 1.17 bits per heavy atom. The molecule has 41 heavy (non-hydrogen) atoms. The Hall–Kier alpha value is -2.83. The minimum absolute atomic E-state index is 0.153. The Morgan fingerprint density at radius 1 is 0.732 bits per heavy atom. The summed E-state index contributed by atoms with van der Waals surface area (Å²) in [4.78, 5) is 13.2. The number of carbonyl (C=O) groups excluding carboxylic acids is 1. The third-order valence-corrected chi connectivity index (χ3v) is 6.01. The first kappa shape index (κ1) is 34.4. The van der Waals surface area contributed by atoms with Crippen molar-refractivity contribution in [3.05, 3.63) is 24.3 Å². The number of halogens is 16. The standard InChI is InChI=1S/C21H18F16N2O2/c1-2-41-12-6-4-3-5-11(12)38-7-9-39(10-8-38)14(40)16(26,27)18(30,31)20(34,35)21(36,37)19(32,33)17(28,29)15(24,25)13(22)23/h3-6,13H,2,7-10H2,1H3. The quantitative estimate of drug-likeness (QED) is 0.263. The number of hydrogen-bond acceptors (Lipinski definition) is 3.